The van der Waals surface area contributed by atoms with Gasteiger partial charge in [-0.25, -0.2) is 0 Å². The zero-order valence-corrected chi connectivity index (χ0v) is 12.8. The molecule has 0 heterocycles. The quantitative estimate of drug-likeness (QED) is 0.514. The molecule has 0 aliphatic rings. The molecule has 4 nitrogen and oxygen atoms in total. The summed E-state index contributed by atoms with van der Waals surface area (Å²) in [7, 11) is 0. The number of benzene rings is 2. The third-order valence-corrected chi connectivity index (χ3v) is 3.40. The van der Waals surface area contributed by atoms with Gasteiger partial charge in [-0.2, -0.15) is 0 Å². The molecule has 0 aromatic heterocycles. The molecule has 4 heteroatoms. The molecule has 8 N–H and O–H groups in total. The van der Waals surface area contributed by atoms with Crippen molar-refractivity contribution in [1.82, 2.24) is 0 Å². The third-order valence-electron chi connectivity index (χ3n) is 3.40. The number of hydrogen-bond acceptors (Lipinski definition) is 4. The molecule has 2 aromatic rings. The summed E-state index contributed by atoms with van der Waals surface area (Å²) >= 11 is 0. The molecule has 0 saturated heterocycles. The van der Waals surface area contributed by atoms with E-state index >= 15 is 0 Å². The van der Waals surface area contributed by atoms with Crippen molar-refractivity contribution >= 4 is 11.4 Å². The smallest absolute Gasteiger partial charge is 0.0899 e. The fourth-order valence-electron chi connectivity index (χ4n) is 2.03. The first-order valence-corrected chi connectivity index (χ1v) is 7.17. The van der Waals surface area contributed by atoms with Crippen molar-refractivity contribution in [2.75, 3.05) is 11.5 Å². The van der Waals surface area contributed by atoms with Crippen LogP contribution in [0.5, 0.6) is 0 Å². The molecule has 0 unspecified atom stereocenters. The van der Waals surface area contributed by atoms with Crippen molar-refractivity contribution < 1.29 is 0 Å². The topological polar surface area (TPSA) is 104 Å². The van der Waals surface area contributed by atoms with Gasteiger partial charge in [0.15, 0.2) is 0 Å². The average Bonchev–Trinajstić information content (AvgIpc) is 2.47. The molecule has 21 heavy (non-hydrogen) atoms. The van der Waals surface area contributed by atoms with Crippen LogP contribution in [0.25, 0.3) is 0 Å². The minimum Gasteiger partial charge on any atom is -0.399 e. The van der Waals surface area contributed by atoms with Crippen molar-refractivity contribution in [3.8, 4) is 0 Å². The highest BCUT2D eigenvalue weighted by Gasteiger charge is 2.21. The predicted octanol–water partition coefficient (Wildman–Crippen LogP) is 2.58. The van der Waals surface area contributed by atoms with Crippen LogP contribution < -0.4 is 22.9 Å². The lowest BCUT2D eigenvalue weighted by Crippen LogP contribution is -2.46. The van der Waals surface area contributed by atoms with Crippen LogP contribution in [0.4, 0.5) is 11.4 Å². The summed E-state index contributed by atoms with van der Waals surface area (Å²) in [4.78, 5) is 0. The van der Waals surface area contributed by atoms with Crippen molar-refractivity contribution in [3.63, 3.8) is 0 Å². The molecule has 0 aliphatic carbocycles. The molecule has 0 saturated carbocycles. The summed E-state index contributed by atoms with van der Waals surface area (Å²) in [6.45, 7) is 4.12. The summed E-state index contributed by atoms with van der Waals surface area (Å²) in [5.41, 5.74) is 25.8. The minimum absolute atomic E-state index is 0.674. The maximum Gasteiger partial charge on any atom is 0.0899 e. The van der Waals surface area contributed by atoms with Gasteiger partial charge in [0.1, 0.15) is 0 Å². The summed E-state index contributed by atoms with van der Waals surface area (Å²) in [6.07, 6.45) is 1.73. The lowest BCUT2D eigenvalue weighted by atomic mass is 9.92. The van der Waals surface area contributed by atoms with Crippen LogP contribution >= 0.6 is 0 Å². The molecule has 0 amide bonds. The van der Waals surface area contributed by atoms with Gasteiger partial charge in [0.2, 0.25) is 0 Å². The fourth-order valence-corrected chi connectivity index (χ4v) is 2.03. The Bertz CT molecular complexity index is 547. The van der Waals surface area contributed by atoms with Gasteiger partial charge in [0.25, 0.3) is 0 Å². The van der Waals surface area contributed by atoms with E-state index in [4.69, 9.17) is 22.9 Å². The van der Waals surface area contributed by atoms with Crippen LogP contribution in [-0.2, 0) is 12.1 Å². The van der Waals surface area contributed by atoms with E-state index in [0.29, 0.717) is 11.4 Å². The Morgan fingerprint density at radius 3 is 1.86 bits per heavy atom. The van der Waals surface area contributed by atoms with E-state index in [1.165, 1.54) is 5.56 Å². The second-order valence-electron chi connectivity index (χ2n) is 5.07. The maximum atomic E-state index is 5.99. The lowest BCUT2D eigenvalue weighted by Gasteiger charge is -2.25. The second-order valence-corrected chi connectivity index (χ2v) is 5.07. The van der Waals surface area contributed by atoms with Gasteiger partial charge in [0.05, 0.1) is 5.66 Å². The molecule has 0 radical (unpaired) electrons. The van der Waals surface area contributed by atoms with Crippen molar-refractivity contribution in [1.29, 1.82) is 0 Å². The van der Waals surface area contributed by atoms with Gasteiger partial charge in [-0.3, -0.25) is 0 Å². The number of nitrogens with two attached hydrogens (primary N) is 4. The molecule has 114 valence electrons. The molecular formula is C17H26N4. The van der Waals surface area contributed by atoms with Gasteiger partial charge >= 0.3 is 0 Å². The van der Waals surface area contributed by atoms with E-state index in [1.807, 2.05) is 31.2 Å². The maximum absolute atomic E-state index is 5.99. The van der Waals surface area contributed by atoms with Crippen LogP contribution in [0.1, 0.15) is 31.4 Å². The van der Waals surface area contributed by atoms with Crippen LogP contribution in [0.2, 0.25) is 0 Å². The van der Waals surface area contributed by atoms with E-state index in [1.54, 1.807) is 18.2 Å². The number of anilines is 2. The highest BCUT2D eigenvalue weighted by Crippen LogP contribution is 2.20. The van der Waals surface area contributed by atoms with Crippen molar-refractivity contribution in [3.05, 3.63) is 59.7 Å². The summed E-state index contributed by atoms with van der Waals surface area (Å²) < 4.78 is 0. The Morgan fingerprint density at radius 1 is 0.857 bits per heavy atom. The molecule has 0 aliphatic heterocycles. The van der Waals surface area contributed by atoms with E-state index in [0.717, 1.165) is 18.4 Å². The highest BCUT2D eigenvalue weighted by molar-refractivity contribution is 5.50. The SMILES string of the molecule is CCc1ccccc1C(N)(N)CC.Nc1cccc(N)c1. The summed E-state index contributed by atoms with van der Waals surface area (Å²) in [5, 5.41) is 0. The van der Waals surface area contributed by atoms with Crippen molar-refractivity contribution in [2.24, 2.45) is 11.5 Å². The number of hydrogen-bond donors (Lipinski definition) is 4. The van der Waals surface area contributed by atoms with Gasteiger partial charge in [-0.15, -0.1) is 0 Å². The zero-order chi connectivity index (χ0) is 15.9. The second kappa shape index (κ2) is 7.67. The average molecular weight is 286 g/mol. The molecule has 0 spiro atoms. The zero-order valence-electron chi connectivity index (χ0n) is 12.8. The summed E-state index contributed by atoms with van der Waals surface area (Å²) in [6, 6.07) is 15.3. The van der Waals surface area contributed by atoms with E-state index in [9.17, 15) is 0 Å². The fraction of sp³-hybridized carbons (Fsp3) is 0.294. The number of rotatable bonds is 3. The van der Waals surface area contributed by atoms with E-state index < -0.39 is 5.66 Å². The van der Waals surface area contributed by atoms with E-state index in [2.05, 4.69) is 13.0 Å². The molecule has 0 bridgehead atoms. The minimum atomic E-state index is -0.674. The largest absolute Gasteiger partial charge is 0.399 e. The Kier molecular flexibility index (Phi) is 6.21. The van der Waals surface area contributed by atoms with Gasteiger partial charge in [-0.1, -0.05) is 44.2 Å². The molecule has 0 fully saturated rings. The highest BCUT2D eigenvalue weighted by atomic mass is 14.9. The lowest BCUT2D eigenvalue weighted by molar-refractivity contribution is 0.444. The molecule has 0 atom stereocenters. The Labute approximate surface area is 127 Å². The predicted molar refractivity (Wildman–Crippen MR) is 91.4 cm³/mol. The first-order valence-electron chi connectivity index (χ1n) is 7.17. The van der Waals surface area contributed by atoms with Gasteiger partial charge < -0.3 is 22.9 Å². The third kappa shape index (κ3) is 5.10. The Balaban J connectivity index is 0.000000235. The van der Waals surface area contributed by atoms with Gasteiger partial charge in [0, 0.05) is 11.4 Å². The number of aryl methyl sites for hydroxylation is 1. The van der Waals surface area contributed by atoms with Crippen LogP contribution in [0.3, 0.4) is 0 Å². The number of nitrogen functional groups attached to an aromatic ring is 2. The monoisotopic (exact) mass is 286 g/mol. The summed E-state index contributed by atoms with van der Waals surface area (Å²) in [5.74, 6) is 0. The first kappa shape index (κ1) is 17.0. The van der Waals surface area contributed by atoms with Gasteiger partial charge in [-0.05, 0) is 42.2 Å². The van der Waals surface area contributed by atoms with Crippen LogP contribution in [0.15, 0.2) is 48.5 Å². The van der Waals surface area contributed by atoms with Crippen molar-refractivity contribution in [2.45, 2.75) is 32.4 Å². The Hall–Kier alpha value is -2.04. The normalized spacial score (nSPS) is 10.7. The standard InChI is InChI=1S/C11H18N2.C6H8N2/c1-3-9-7-5-6-8-10(9)11(12,13)4-2;7-5-2-1-3-6(8)4-5/h5-8H,3-4,12-13H2,1-2H3;1-4H,7-8H2. The van der Waals surface area contributed by atoms with Crippen LogP contribution in [-0.4, -0.2) is 0 Å². The molecule has 2 rings (SSSR count). The van der Waals surface area contributed by atoms with E-state index in [-0.39, 0.29) is 0 Å². The Morgan fingerprint density at radius 2 is 1.43 bits per heavy atom. The van der Waals surface area contributed by atoms with Crippen LogP contribution in [0, 0.1) is 0 Å². The molecular weight excluding hydrogens is 260 g/mol. The first-order chi connectivity index (χ1) is 9.90. The molecule has 2 aromatic carbocycles.